The number of thiocarbonyl (C=S) groups is 1. The number of nitrogens with two attached hydrogens (primary N) is 1. The van der Waals surface area contributed by atoms with Gasteiger partial charge in [-0.25, -0.2) is 9.59 Å². The molecule has 1 fully saturated rings. The number of hydrogen-bond acceptors (Lipinski definition) is 8. The number of rotatable bonds is 10. The van der Waals surface area contributed by atoms with E-state index in [1.807, 2.05) is 0 Å². The monoisotopic (exact) mass is 655 g/mol. The van der Waals surface area contributed by atoms with Crippen molar-refractivity contribution >= 4 is 64.2 Å². The summed E-state index contributed by atoms with van der Waals surface area (Å²) < 4.78 is 10.7. The standard InChI is InChI=1S/C16H15Cl2NO3.C13H20N2O5S/c17-13-2-1-3-14(18)12(13)9-22-11-6-4-10(5-7-11)8-15(19)16(20)21;1-13(2,3)20-12(19)14-5-4-10(16)15-7-8(21)6-9(15)11(17)18/h1-7,15H,8-9,19H2,(H,20,21);9H,4-7H2,1-3H3,(H,14,19)(H,17,18)/t15-;9-/m00/s1. The van der Waals surface area contributed by atoms with Gasteiger partial charge >= 0.3 is 18.0 Å². The molecular formula is C29H35Cl2N3O8S. The minimum atomic E-state index is -1.07. The van der Waals surface area contributed by atoms with E-state index in [4.69, 9.17) is 60.8 Å². The smallest absolute Gasteiger partial charge is 0.407 e. The maximum atomic E-state index is 12.0. The lowest BCUT2D eigenvalue weighted by atomic mass is 10.1. The van der Waals surface area contributed by atoms with Gasteiger partial charge in [0.15, 0.2) is 0 Å². The van der Waals surface area contributed by atoms with Gasteiger partial charge in [-0.1, -0.05) is 53.6 Å². The fraction of sp³-hybridized carbons (Fsp3) is 0.414. The highest BCUT2D eigenvalue weighted by Gasteiger charge is 2.36. The van der Waals surface area contributed by atoms with Gasteiger partial charge < -0.3 is 35.6 Å². The molecule has 0 spiro atoms. The van der Waals surface area contributed by atoms with E-state index < -0.39 is 35.7 Å². The minimum Gasteiger partial charge on any atom is -0.489 e. The molecule has 1 aliphatic rings. The van der Waals surface area contributed by atoms with Crippen molar-refractivity contribution in [2.45, 2.75) is 64.3 Å². The first-order valence-corrected chi connectivity index (χ1v) is 14.4. The van der Waals surface area contributed by atoms with Crippen LogP contribution in [-0.4, -0.2) is 74.7 Å². The van der Waals surface area contributed by atoms with Crippen LogP contribution in [0.3, 0.4) is 0 Å². The molecule has 0 saturated carbocycles. The summed E-state index contributed by atoms with van der Waals surface area (Å²) in [7, 11) is 0. The van der Waals surface area contributed by atoms with Crippen molar-refractivity contribution in [3.63, 3.8) is 0 Å². The summed E-state index contributed by atoms with van der Waals surface area (Å²) in [6.45, 7) is 5.73. The topological polar surface area (TPSA) is 168 Å². The van der Waals surface area contributed by atoms with Crippen molar-refractivity contribution in [1.29, 1.82) is 0 Å². The van der Waals surface area contributed by atoms with Crippen molar-refractivity contribution in [2.75, 3.05) is 13.1 Å². The molecule has 2 aromatic rings. The number of hydrogen-bond donors (Lipinski definition) is 4. The molecule has 2 aromatic carbocycles. The molecule has 1 aliphatic heterocycles. The van der Waals surface area contributed by atoms with Crippen molar-refractivity contribution in [3.05, 3.63) is 63.6 Å². The third kappa shape index (κ3) is 12.4. The average molecular weight is 657 g/mol. The highest BCUT2D eigenvalue weighted by molar-refractivity contribution is 7.80. The summed E-state index contributed by atoms with van der Waals surface area (Å²) in [5, 5.41) is 21.4. The van der Waals surface area contributed by atoms with Gasteiger partial charge in [0.25, 0.3) is 0 Å². The molecule has 14 heteroatoms. The molecule has 3 rings (SSSR count). The van der Waals surface area contributed by atoms with E-state index >= 15 is 0 Å². The maximum Gasteiger partial charge on any atom is 0.407 e. The van der Waals surface area contributed by atoms with Gasteiger partial charge in [0.05, 0.1) is 6.54 Å². The van der Waals surface area contributed by atoms with Gasteiger partial charge in [0.1, 0.15) is 30.0 Å². The fourth-order valence-electron chi connectivity index (χ4n) is 3.79. The molecule has 11 nitrogen and oxygen atoms in total. The summed E-state index contributed by atoms with van der Waals surface area (Å²) in [4.78, 5) is 47.0. The van der Waals surface area contributed by atoms with Crippen LogP contribution >= 0.6 is 35.4 Å². The summed E-state index contributed by atoms with van der Waals surface area (Å²) in [5.74, 6) is -1.79. The molecule has 0 unspecified atom stereocenters. The van der Waals surface area contributed by atoms with Gasteiger partial charge in [0.2, 0.25) is 5.91 Å². The second kappa shape index (κ2) is 16.4. The Labute approximate surface area is 265 Å². The number of nitrogens with one attached hydrogen (secondary N) is 1. The molecule has 43 heavy (non-hydrogen) atoms. The highest BCUT2D eigenvalue weighted by atomic mass is 35.5. The second-order valence-electron chi connectivity index (χ2n) is 10.6. The number of carboxylic acid groups (broad SMARTS) is 2. The van der Waals surface area contributed by atoms with Gasteiger partial charge in [-0.3, -0.25) is 9.59 Å². The Hall–Kier alpha value is -3.45. The van der Waals surface area contributed by atoms with Crippen LogP contribution in [0.4, 0.5) is 4.79 Å². The van der Waals surface area contributed by atoms with Crippen LogP contribution in [0.1, 0.15) is 44.7 Å². The molecule has 5 N–H and O–H groups in total. The van der Waals surface area contributed by atoms with Crippen molar-refractivity contribution in [2.24, 2.45) is 5.73 Å². The van der Waals surface area contributed by atoms with Gasteiger partial charge in [0, 0.05) is 39.9 Å². The molecule has 1 saturated heterocycles. The van der Waals surface area contributed by atoms with E-state index in [9.17, 15) is 19.2 Å². The summed E-state index contributed by atoms with van der Waals surface area (Å²) in [5.41, 5.74) is 6.44. The lowest BCUT2D eigenvalue weighted by molar-refractivity contribution is -0.148. The van der Waals surface area contributed by atoms with Crippen LogP contribution < -0.4 is 15.8 Å². The molecule has 0 aliphatic carbocycles. The zero-order valence-corrected chi connectivity index (χ0v) is 26.3. The number of ether oxygens (including phenoxy) is 2. The number of alkyl carbamates (subject to hydrolysis) is 1. The normalized spacial score (nSPS) is 15.2. The second-order valence-corrected chi connectivity index (χ2v) is 12.0. The molecule has 2 amide bonds. The molecule has 1 heterocycles. The first-order valence-electron chi connectivity index (χ1n) is 13.2. The Balaban J connectivity index is 0.000000301. The van der Waals surface area contributed by atoms with E-state index in [0.717, 1.165) is 11.1 Å². The lowest BCUT2D eigenvalue weighted by Crippen LogP contribution is -2.42. The predicted molar refractivity (Wildman–Crippen MR) is 166 cm³/mol. The summed E-state index contributed by atoms with van der Waals surface area (Å²) >= 11 is 17.1. The highest BCUT2D eigenvalue weighted by Crippen LogP contribution is 2.26. The van der Waals surface area contributed by atoms with Crippen LogP contribution in [0.25, 0.3) is 0 Å². The Bertz CT molecular complexity index is 1300. The van der Waals surface area contributed by atoms with Crippen molar-refractivity contribution in [3.8, 4) is 5.75 Å². The van der Waals surface area contributed by atoms with Gasteiger partial charge in [-0.2, -0.15) is 0 Å². The molecule has 0 aromatic heterocycles. The maximum absolute atomic E-state index is 12.0. The van der Waals surface area contributed by atoms with Crippen LogP contribution in [-0.2, 0) is 32.1 Å². The van der Waals surface area contributed by atoms with Crippen LogP contribution in [0.5, 0.6) is 5.75 Å². The number of carbonyl (C=O) groups excluding carboxylic acids is 2. The molecule has 234 valence electrons. The molecule has 0 radical (unpaired) electrons. The zero-order valence-electron chi connectivity index (χ0n) is 24.0. The number of carbonyl (C=O) groups is 4. The largest absolute Gasteiger partial charge is 0.489 e. The van der Waals surface area contributed by atoms with E-state index in [-0.39, 0.29) is 44.9 Å². The number of likely N-dealkylation sites (tertiary alicyclic amines) is 1. The Morgan fingerprint density at radius 1 is 1.09 bits per heavy atom. The summed E-state index contributed by atoms with van der Waals surface area (Å²) in [6, 6.07) is 10.6. The Morgan fingerprint density at radius 2 is 1.70 bits per heavy atom. The van der Waals surface area contributed by atoms with E-state index in [1.165, 1.54) is 4.90 Å². The molecule has 0 bridgehead atoms. The van der Waals surface area contributed by atoms with Gasteiger partial charge in [-0.05, 0) is 57.0 Å². The van der Waals surface area contributed by atoms with Crippen LogP contribution in [0.2, 0.25) is 10.0 Å². The number of amides is 2. The first-order chi connectivity index (χ1) is 20.1. The van der Waals surface area contributed by atoms with Crippen molar-refractivity contribution < 1.29 is 38.9 Å². The van der Waals surface area contributed by atoms with Crippen molar-refractivity contribution in [1.82, 2.24) is 10.2 Å². The van der Waals surface area contributed by atoms with E-state index in [2.05, 4.69) is 5.32 Å². The zero-order chi connectivity index (χ0) is 32.3. The van der Waals surface area contributed by atoms with Crippen LogP contribution in [0.15, 0.2) is 42.5 Å². The fourth-order valence-corrected chi connectivity index (χ4v) is 4.59. The quantitative estimate of drug-likeness (QED) is 0.268. The number of benzene rings is 2. The minimum absolute atomic E-state index is 0.00559. The first kappa shape index (κ1) is 35.7. The number of carboxylic acids is 2. The summed E-state index contributed by atoms with van der Waals surface area (Å²) in [6.07, 6.45) is -0.130. The van der Waals surface area contributed by atoms with Crippen LogP contribution in [0, 0.1) is 0 Å². The molecule has 2 atom stereocenters. The lowest BCUT2D eigenvalue weighted by Gasteiger charge is -2.22. The molecular weight excluding hydrogens is 621 g/mol. The van der Waals surface area contributed by atoms with E-state index in [1.54, 1.807) is 63.2 Å². The predicted octanol–water partition coefficient (Wildman–Crippen LogP) is 4.48. The Morgan fingerprint density at radius 3 is 2.23 bits per heavy atom. The third-order valence-electron chi connectivity index (χ3n) is 5.90. The van der Waals surface area contributed by atoms with E-state index in [0.29, 0.717) is 20.7 Å². The van der Waals surface area contributed by atoms with Gasteiger partial charge in [-0.15, -0.1) is 0 Å². The number of aliphatic carboxylic acids is 2. The number of nitrogens with zero attached hydrogens (tertiary/aromatic N) is 1. The number of halogens is 2. The SMILES string of the molecule is CC(C)(C)OC(=O)NCCC(=O)N1CC(=S)C[C@H]1C(=O)O.N[C@@H](Cc1ccc(OCc2c(Cl)cccc2Cl)cc1)C(=O)O. The third-order valence-corrected chi connectivity index (χ3v) is 6.90. The average Bonchev–Trinajstić information content (AvgIpc) is 3.31. The Kier molecular flexibility index (Phi) is 13.6.